The largest absolute Gasteiger partial charge is 0.434 e. The summed E-state index contributed by atoms with van der Waals surface area (Å²) in [5.41, 5.74) is 4.60. The molecule has 1 fully saturated rings. The molecule has 1 aliphatic carbocycles. The lowest BCUT2D eigenvalue weighted by Gasteiger charge is -2.33. The zero-order valence-electron chi connectivity index (χ0n) is 8.33. The number of rotatable bonds is 2. The second-order valence-corrected chi connectivity index (χ2v) is 3.86. The molecule has 88 valence electrons. The molecule has 0 aromatic carbocycles. The van der Waals surface area contributed by atoms with E-state index in [1.165, 1.54) is 0 Å². The fourth-order valence-electron chi connectivity index (χ4n) is 1.54. The summed E-state index contributed by atoms with van der Waals surface area (Å²) >= 11 is 0. The molecule has 0 unspecified atom stereocenters. The number of anilines is 1. The molecular formula is C9H11F3N4. The molecule has 0 spiro atoms. The second-order valence-electron chi connectivity index (χ2n) is 3.86. The van der Waals surface area contributed by atoms with Gasteiger partial charge in [-0.1, -0.05) is 0 Å². The van der Waals surface area contributed by atoms with Crippen molar-refractivity contribution < 1.29 is 13.2 Å². The van der Waals surface area contributed by atoms with Gasteiger partial charge in [0.1, 0.15) is 5.82 Å². The molecule has 2 rings (SSSR count). The van der Waals surface area contributed by atoms with Crippen molar-refractivity contribution in [2.75, 3.05) is 5.32 Å². The van der Waals surface area contributed by atoms with Gasteiger partial charge in [-0.3, -0.25) is 0 Å². The maximum Gasteiger partial charge on any atom is 0.434 e. The third kappa shape index (κ3) is 2.41. The predicted molar refractivity (Wildman–Crippen MR) is 51.7 cm³/mol. The molecule has 1 aromatic heterocycles. The van der Waals surface area contributed by atoms with Crippen molar-refractivity contribution in [2.24, 2.45) is 5.73 Å². The van der Waals surface area contributed by atoms with Gasteiger partial charge in [-0.15, -0.1) is 0 Å². The summed E-state index contributed by atoms with van der Waals surface area (Å²) in [5.74, 6) is 0.352. The normalized spacial score (nSPS) is 25.0. The summed E-state index contributed by atoms with van der Waals surface area (Å²) in [7, 11) is 0. The lowest BCUT2D eigenvalue weighted by Crippen LogP contribution is -2.44. The number of halogens is 3. The van der Waals surface area contributed by atoms with Crippen LogP contribution in [-0.4, -0.2) is 22.1 Å². The molecule has 0 saturated heterocycles. The van der Waals surface area contributed by atoms with Gasteiger partial charge in [0, 0.05) is 12.1 Å². The number of hydrogen-bond acceptors (Lipinski definition) is 4. The molecular weight excluding hydrogens is 221 g/mol. The van der Waals surface area contributed by atoms with Gasteiger partial charge < -0.3 is 11.1 Å². The Morgan fingerprint density at radius 3 is 2.38 bits per heavy atom. The van der Waals surface area contributed by atoms with E-state index in [0.29, 0.717) is 5.82 Å². The topological polar surface area (TPSA) is 63.8 Å². The number of nitrogens with zero attached hydrogens (tertiary/aromatic N) is 2. The molecule has 1 aliphatic rings. The van der Waals surface area contributed by atoms with Gasteiger partial charge in [0.05, 0.1) is 12.4 Å². The minimum atomic E-state index is -4.44. The van der Waals surface area contributed by atoms with Crippen LogP contribution in [0, 0.1) is 0 Å². The van der Waals surface area contributed by atoms with E-state index in [9.17, 15) is 13.2 Å². The van der Waals surface area contributed by atoms with Crippen LogP contribution in [0.3, 0.4) is 0 Å². The van der Waals surface area contributed by atoms with Crippen LogP contribution in [0.1, 0.15) is 18.5 Å². The van der Waals surface area contributed by atoms with Crippen molar-refractivity contribution >= 4 is 5.82 Å². The number of aromatic nitrogens is 2. The van der Waals surface area contributed by atoms with Crippen LogP contribution in [0.2, 0.25) is 0 Å². The van der Waals surface area contributed by atoms with Crippen LogP contribution < -0.4 is 11.1 Å². The van der Waals surface area contributed by atoms with Gasteiger partial charge >= 0.3 is 6.18 Å². The van der Waals surface area contributed by atoms with Crippen LogP contribution in [-0.2, 0) is 6.18 Å². The predicted octanol–water partition coefficient (Wildman–Crippen LogP) is 1.40. The SMILES string of the molecule is N[C@H]1C[C@@H](Nc2cnc(C(F)(F)F)cn2)C1. The molecule has 7 heteroatoms. The van der Waals surface area contributed by atoms with Gasteiger partial charge in [-0.05, 0) is 12.8 Å². The van der Waals surface area contributed by atoms with Crippen molar-refractivity contribution in [3.8, 4) is 0 Å². The van der Waals surface area contributed by atoms with Crippen molar-refractivity contribution in [3.63, 3.8) is 0 Å². The van der Waals surface area contributed by atoms with Crippen LogP contribution in [0.5, 0.6) is 0 Å². The first-order valence-corrected chi connectivity index (χ1v) is 4.86. The van der Waals surface area contributed by atoms with Crippen molar-refractivity contribution in [3.05, 3.63) is 18.1 Å². The maximum absolute atomic E-state index is 12.2. The summed E-state index contributed by atoms with van der Waals surface area (Å²) < 4.78 is 36.5. The smallest absolute Gasteiger partial charge is 0.366 e. The fourth-order valence-corrected chi connectivity index (χ4v) is 1.54. The highest BCUT2D eigenvalue weighted by Gasteiger charge is 2.33. The highest BCUT2D eigenvalue weighted by atomic mass is 19.4. The number of hydrogen-bond donors (Lipinski definition) is 2. The Kier molecular flexibility index (Phi) is 2.71. The average molecular weight is 232 g/mol. The Bertz CT molecular complexity index is 356. The molecule has 0 radical (unpaired) electrons. The minimum absolute atomic E-state index is 0.180. The van der Waals surface area contributed by atoms with Gasteiger partial charge in [-0.2, -0.15) is 13.2 Å². The van der Waals surface area contributed by atoms with E-state index in [0.717, 1.165) is 25.2 Å². The molecule has 16 heavy (non-hydrogen) atoms. The number of nitrogens with one attached hydrogen (secondary N) is 1. The van der Waals surface area contributed by atoms with Crippen molar-refractivity contribution in [2.45, 2.75) is 31.1 Å². The Balaban J connectivity index is 1.97. The minimum Gasteiger partial charge on any atom is -0.366 e. The molecule has 0 aliphatic heterocycles. The fraction of sp³-hybridized carbons (Fsp3) is 0.556. The van der Waals surface area contributed by atoms with E-state index in [1.807, 2.05) is 0 Å². The van der Waals surface area contributed by atoms with E-state index in [-0.39, 0.29) is 12.1 Å². The zero-order chi connectivity index (χ0) is 11.8. The lowest BCUT2D eigenvalue weighted by molar-refractivity contribution is -0.141. The molecule has 3 N–H and O–H groups in total. The summed E-state index contributed by atoms with van der Waals surface area (Å²) in [6.07, 6.45) is -1.01. The third-order valence-electron chi connectivity index (χ3n) is 2.47. The van der Waals surface area contributed by atoms with E-state index in [1.54, 1.807) is 0 Å². The van der Waals surface area contributed by atoms with Crippen molar-refractivity contribution in [1.29, 1.82) is 0 Å². The first kappa shape index (κ1) is 11.1. The molecule has 4 nitrogen and oxygen atoms in total. The Labute approximate surface area is 90.1 Å². The maximum atomic E-state index is 12.2. The van der Waals surface area contributed by atoms with Crippen molar-refractivity contribution in [1.82, 2.24) is 9.97 Å². The first-order valence-electron chi connectivity index (χ1n) is 4.86. The van der Waals surface area contributed by atoms with E-state index in [4.69, 9.17) is 5.73 Å². The summed E-state index contributed by atoms with van der Waals surface area (Å²) in [6, 6.07) is 0.376. The summed E-state index contributed by atoms with van der Waals surface area (Å²) in [6.45, 7) is 0. The zero-order valence-corrected chi connectivity index (χ0v) is 8.33. The molecule has 0 atom stereocenters. The Morgan fingerprint density at radius 1 is 1.25 bits per heavy atom. The highest BCUT2D eigenvalue weighted by Crippen LogP contribution is 2.27. The van der Waals surface area contributed by atoms with Gasteiger partial charge in [0.2, 0.25) is 0 Å². The first-order chi connectivity index (χ1) is 7.45. The molecule has 1 saturated carbocycles. The molecule has 0 amide bonds. The third-order valence-corrected chi connectivity index (χ3v) is 2.47. The summed E-state index contributed by atoms with van der Waals surface area (Å²) in [5, 5.41) is 2.97. The standard InChI is InChI=1S/C9H11F3N4/c10-9(11,12)7-3-15-8(4-14-7)16-6-1-5(13)2-6/h3-6H,1-2,13H2,(H,15,16)/t5-,6+. The van der Waals surface area contributed by atoms with Crippen LogP contribution in [0.25, 0.3) is 0 Å². The van der Waals surface area contributed by atoms with E-state index in [2.05, 4.69) is 15.3 Å². The highest BCUT2D eigenvalue weighted by molar-refractivity contribution is 5.33. The van der Waals surface area contributed by atoms with E-state index >= 15 is 0 Å². The van der Waals surface area contributed by atoms with Gasteiger partial charge in [-0.25, -0.2) is 9.97 Å². The van der Waals surface area contributed by atoms with Gasteiger partial charge in [0.15, 0.2) is 5.69 Å². The molecule has 1 heterocycles. The van der Waals surface area contributed by atoms with E-state index < -0.39 is 11.9 Å². The Hall–Kier alpha value is -1.37. The molecule has 1 aromatic rings. The number of alkyl halides is 3. The average Bonchev–Trinajstić information content (AvgIpc) is 2.15. The second kappa shape index (κ2) is 3.89. The Morgan fingerprint density at radius 2 is 1.94 bits per heavy atom. The van der Waals surface area contributed by atoms with Crippen LogP contribution in [0.4, 0.5) is 19.0 Å². The number of nitrogens with two attached hydrogens (primary N) is 1. The lowest BCUT2D eigenvalue weighted by atomic mass is 9.88. The molecule has 0 bridgehead atoms. The quantitative estimate of drug-likeness (QED) is 0.808. The van der Waals surface area contributed by atoms with Crippen LogP contribution in [0.15, 0.2) is 12.4 Å². The van der Waals surface area contributed by atoms with Crippen LogP contribution >= 0.6 is 0 Å². The van der Waals surface area contributed by atoms with Gasteiger partial charge in [0.25, 0.3) is 0 Å². The summed E-state index contributed by atoms with van der Waals surface area (Å²) in [4.78, 5) is 6.96. The monoisotopic (exact) mass is 232 g/mol.